The van der Waals surface area contributed by atoms with Crippen LogP contribution in [0.4, 0.5) is 13.2 Å². The van der Waals surface area contributed by atoms with Crippen LogP contribution in [0.1, 0.15) is 74.9 Å². The molecule has 6 rings (SSSR count). The lowest BCUT2D eigenvalue weighted by Crippen LogP contribution is -2.63. The van der Waals surface area contributed by atoms with Gasteiger partial charge < -0.3 is 35.9 Å². The lowest BCUT2D eigenvalue weighted by molar-refractivity contribution is -0.266. The molecule has 0 spiro atoms. The number of alkyl halides is 3. The molecule has 0 bridgehead atoms. The Labute approximate surface area is 388 Å². The van der Waals surface area contributed by atoms with Crippen LogP contribution >= 0.6 is 0 Å². The molecule has 1 aliphatic heterocycles. The highest BCUT2D eigenvalue weighted by Crippen LogP contribution is 2.44. The highest BCUT2D eigenvalue weighted by atomic mass is 19.4. The molecule has 354 valence electrons. The van der Waals surface area contributed by atoms with Crippen molar-refractivity contribution in [3.63, 3.8) is 0 Å². The van der Waals surface area contributed by atoms with Gasteiger partial charge in [-0.15, -0.1) is 0 Å². The topological polar surface area (TPSA) is 178 Å². The van der Waals surface area contributed by atoms with Gasteiger partial charge in [-0.05, 0) is 41.4 Å². The molecule has 1 fully saturated rings. The first kappa shape index (κ1) is 49.6. The minimum Gasteiger partial charge on any atom is -0.368 e. The average molecular weight is 922 g/mol. The molecule has 67 heavy (non-hydrogen) atoms. The summed E-state index contributed by atoms with van der Waals surface area (Å²) in [5.74, 6) is -5.65. The number of nitrogens with zero attached hydrogens (tertiary/aromatic N) is 3. The van der Waals surface area contributed by atoms with Crippen LogP contribution in [0.2, 0.25) is 0 Å². The first-order valence-corrected chi connectivity index (χ1v) is 22.4. The molecule has 1 aromatic heterocycles. The lowest BCUT2D eigenvalue weighted by atomic mass is 9.76. The number of methoxy groups -OCH3 is 1. The van der Waals surface area contributed by atoms with Crippen molar-refractivity contribution in [2.75, 3.05) is 13.7 Å². The molecule has 16 heteroatoms. The Kier molecular flexibility index (Phi) is 15.7. The fourth-order valence-electron chi connectivity index (χ4n) is 9.05. The Morgan fingerprint density at radius 1 is 0.746 bits per heavy atom. The van der Waals surface area contributed by atoms with Crippen molar-refractivity contribution in [2.45, 2.75) is 94.9 Å². The summed E-state index contributed by atoms with van der Waals surface area (Å²) >= 11 is 0. The summed E-state index contributed by atoms with van der Waals surface area (Å²) in [6, 6.07) is 29.8. The van der Waals surface area contributed by atoms with Gasteiger partial charge in [-0.1, -0.05) is 155 Å². The van der Waals surface area contributed by atoms with Gasteiger partial charge >= 0.3 is 6.18 Å². The number of likely N-dealkylation sites (tertiary alicyclic amines) is 1. The third-order valence-corrected chi connectivity index (χ3v) is 12.8. The fourth-order valence-corrected chi connectivity index (χ4v) is 9.05. The molecule has 13 nitrogen and oxygen atoms in total. The minimum atomic E-state index is -5.32. The van der Waals surface area contributed by atoms with Gasteiger partial charge in [-0.2, -0.15) is 13.2 Å². The maximum Gasteiger partial charge on any atom is 0.430 e. The Morgan fingerprint density at radius 3 is 1.69 bits per heavy atom. The molecule has 1 aliphatic rings. The summed E-state index contributed by atoms with van der Waals surface area (Å²) in [7, 11) is 0.766. The predicted octanol–water partition coefficient (Wildman–Crippen LogP) is 6.00. The first-order valence-electron chi connectivity index (χ1n) is 22.4. The van der Waals surface area contributed by atoms with Crippen LogP contribution in [0.3, 0.4) is 0 Å². The number of hydrogen-bond acceptors (Lipinski definition) is 7. The summed E-state index contributed by atoms with van der Waals surface area (Å²) in [5, 5.41) is 7.95. The van der Waals surface area contributed by atoms with Crippen molar-refractivity contribution in [1.29, 1.82) is 0 Å². The number of rotatable bonds is 19. The van der Waals surface area contributed by atoms with Crippen LogP contribution in [-0.4, -0.2) is 88.0 Å². The Morgan fingerprint density at radius 2 is 1.24 bits per heavy atom. The molecule has 0 saturated carbocycles. The van der Waals surface area contributed by atoms with Crippen molar-refractivity contribution >= 4 is 29.5 Å². The standard InChI is InChI=1S/C51H58F3N7O6/c1-6-34(4)43(46(64)58-42(33(2)3)47(65)60-29-19-28-41(60)44(55)62)59-45(63)40(57-48(66)50(67-5,51(52,53)54)38-26-17-10-18-27-38)30-39-31-56-32-61(39)49(35-20-11-7-12-21-35,36-22-13-8-14-23-36)37-24-15-9-16-25-37/h7-18,20-27,31-34,40-43H,6,19,28-30H2,1-5H3,(H2,55,62)(H,57,66)(H,58,64)(H,59,63)/t34-,40-,41-,42-,43-,50-/m0/s1. The quantitative estimate of drug-likeness (QED) is 0.0734. The largest absolute Gasteiger partial charge is 0.430 e. The molecule has 4 aromatic carbocycles. The number of primary amides is 1. The van der Waals surface area contributed by atoms with Crippen LogP contribution in [0.5, 0.6) is 0 Å². The number of benzene rings is 4. The maximum atomic E-state index is 15.4. The van der Waals surface area contributed by atoms with E-state index in [4.69, 9.17) is 10.5 Å². The van der Waals surface area contributed by atoms with E-state index in [-0.39, 0.29) is 6.54 Å². The third-order valence-electron chi connectivity index (χ3n) is 12.8. The number of nitrogens with two attached hydrogens (primary N) is 1. The van der Waals surface area contributed by atoms with Crippen molar-refractivity contribution < 1.29 is 41.9 Å². The van der Waals surface area contributed by atoms with Gasteiger partial charge in [0.05, 0.1) is 6.33 Å². The lowest BCUT2D eigenvalue weighted by Gasteiger charge is -2.39. The number of hydrogen-bond donors (Lipinski definition) is 4. The number of imidazole rings is 1. The highest BCUT2D eigenvalue weighted by Gasteiger charge is 2.63. The summed E-state index contributed by atoms with van der Waals surface area (Å²) in [4.78, 5) is 76.0. The summed E-state index contributed by atoms with van der Waals surface area (Å²) in [6.07, 6.45) is -1.43. The van der Waals surface area contributed by atoms with Gasteiger partial charge in [0.1, 0.15) is 29.7 Å². The molecule has 0 radical (unpaired) electrons. The van der Waals surface area contributed by atoms with E-state index in [9.17, 15) is 19.2 Å². The van der Waals surface area contributed by atoms with Crippen molar-refractivity contribution in [2.24, 2.45) is 17.6 Å². The number of aromatic nitrogens is 2. The van der Waals surface area contributed by atoms with Gasteiger partial charge in [0.25, 0.3) is 11.5 Å². The molecule has 0 unspecified atom stereocenters. The smallest absolute Gasteiger partial charge is 0.368 e. The fraction of sp³-hybridized carbons (Fsp3) is 0.373. The van der Waals surface area contributed by atoms with Crippen LogP contribution in [-0.2, 0) is 46.3 Å². The highest BCUT2D eigenvalue weighted by molar-refractivity contribution is 5.97. The van der Waals surface area contributed by atoms with Crippen LogP contribution in [0, 0.1) is 11.8 Å². The minimum absolute atomic E-state index is 0.263. The van der Waals surface area contributed by atoms with Crippen LogP contribution in [0.15, 0.2) is 134 Å². The zero-order valence-electron chi connectivity index (χ0n) is 38.2. The van der Waals surface area contributed by atoms with E-state index in [1.165, 1.54) is 29.3 Å². The van der Waals surface area contributed by atoms with E-state index in [1.807, 2.05) is 95.6 Å². The van der Waals surface area contributed by atoms with E-state index < -0.39 is 94.8 Å². The predicted molar refractivity (Wildman–Crippen MR) is 246 cm³/mol. The third kappa shape index (κ3) is 9.99. The monoisotopic (exact) mass is 921 g/mol. The van der Waals surface area contributed by atoms with E-state index in [2.05, 4.69) is 20.9 Å². The summed E-state index contributed by atoms with van der Waals surface area (Å²) in [6.45, 7) is 7.19. The van der Waals surface area contributed by atoms with E-state index in [0.29, 0.717) is 25.0 Å². The van der Waals surface area contributed by atoms with Crippen LogP contribution in [0.25, 0.3) is 0 Å². The molecular formula is C51H58F3N7O6. The molecular weight excluding hydrogens is 864 g/mol. The zero-order valence-corrected chi connectivity index (χ0v) is 38.2. The summed E-state index contributed by atoms with van der Waals surface area (Å²) < 4.78 is 53.2. The number of ether oxygens (including phenoxy) is 1. The van der Waals surface area contributed by atoms with E-state index in [1.54, 1.807) is 34.0 Å². The SMILES string of the molecule is CC[C@H](C)[C@H](NC(=O)[C@H](Cc1cncn1C(c1ccccc1)(c1ccccc1)c1ccccc1)NC(=O)[C@@](OC)(c1ccccc1)C(F)(F)F)C(=O)N[C@H](C(=O)N1CCC[C@H]1C(N)=O)C(C)C. The summed E-state index contributed by atoms with van der Waals surface area (Å²) in [5.41, 5.74) is 3.04. The number of carbonyl (C=O) groups excluding carboxylic acids is 5. The van der Waals surface area contributed by atoms with Gasteiger partial charge in [0.2, 0.25) is 23.6 Å². The second-order valence-corrected chi connectivity index (χ2v) is 17.2. The number of amides is 5. The van der Waals surface area contributed by atoms with Gasteiger partial charge in [-0.3, -0.25) is 24.0 Å². The van der Waals surface area contributed by atoms with Gasteiger partial charge in [-0.25, -0.2) is 4.98 Å². The van der Waals surface area contributed by atoms with Crippen LogP contribution < -0.4 is 21.7 Å². The number of nitrogens with one attached hydrogen (secondary N) is 3. The zero-order chi connectivity index (χ0) is 48.5. The molecule has 6 atom stereocenters. The number of halogens is 3. The van der Waals surface area contributed by atoms with Crippen molar-refractivity contribution in [1.82, 2.24) is 30.4 Å². The number of carbonyl (C=O) groups is 5. The molecule has 5 amide bonds. The van der Waals surface area contributed by atoms with Crippen molar-refractivity contribution in [3.8, 4) is 0 Å². The molecule has 5 aromatic rings. The van der Waals surface area contributed by atoms with Gasteiger partial charge in [0, 0.05) is 37.5 Å². The Hall–Kier alpha value is -6.81. The molecule has 0 aliphatic carbocycles. The molecule has 1 saturated heterocycles. The Balaban J connectivity index is 1.46. The molecule has 2 heterocycles. The second-order valence-electron chi connectivity index (χ2n) is 17.2. The second kappa shape index (κ2) is 21.2. The maximum absolute atomic E-state index is 15.4. The average Bonchev–Trinajstić information content (AvgIpc) is 4.02. The van der Waals surface area contributed by atoms with E-state index >= 15 is 18.0 Å². The Bertz CT molecular complexity index is 2380. The first-order chi connectivity index (χ1) is 32.0. The van der Waals surface area contributed by atoms with Gasteiger partial charge in [0.15, 0.2) is 0 Å². The normalized spacial score (nSPS) is 16.9. The van der Waals surface area contributed by atoms with E-state index in [0.717, 1.165) is 35.9 Å². The molecule has 5 N–H and O–H groups in total. The van der Waals surface area contributed by atoms with Crippen molar-refractivity contribution in [3.05, 3.63) is 162 Å².